The Morgan fingerprint density at radius 3 is 2.51 bits per heavy atom. The summed E-state index contributed by atoms with van der Waals surface area (Å²) in [6, 6.07) is 14.4. The maximum Gasteiger partial charge on any atom is 0.259 e. The fourth-order valence-electron chi connectivity index (χ4n) is 5.41. The van der Waals surface area contributed by atoms with Crippen LogP contribution in [0.1, 0.15) is 34.8 Å². The van der Waals surface area contributed by atoms with E-state index in [2.05, 4.69) is 27.1 Å². The Balaban J connectivity index is 1.35. The van der Waals surface area contributed by atoms with Crippen LogP contribution in [0.5, 0.6) is 0 Å². The first-order chi connectivity index (χ1) is 17.1. The molecule has 4 aromatic rings. The number of benzene rings is 2. The number of H-pyrrole nitrogens is 1. The normalized spacial score (nSPS) is 17.4. The van der Waals surface area contributed by atoms with E-state index in [-0.39, 0.29) is 17.5 Å². The maximum absolute atomic E-state index is 13.6. The summed E-state index contributed by atoms with van der Waals surface area (Å²) in [5.74, 6) is 0.0357. The van der Waals surface area contributed by atoms with Crippen molar-refractivity contribution < 1.29 is 9.53 Å². The van der Waals surface area contributed by atoms with Crippen LogP contribution < -0.4 is 10.5 Å². The highest BCUT2D eigenvalue weighted by molar-refractivity contribution is 6.07. The van der Waals surface area contributed by atoms with Gasteiger partial charge in [-0.2, -0.15) is 5.10 Å². The second kappa shape index (κ2) is 8.85. The lowest BCUT2D eigenvalue weighted by atomic mass is 10.0. The molecule has 6 rings (SSSR count). The number of para-hydroxylation sites is 1. The van der Waals surface area contributed by atoms with E-state index in [0.29, 0.717) is 37.3 Å². The van der Waals surface area contributed by atoms with Crippen LogP contribution in [0.4, 0.5) is 5.69 Å². The number of anilines is 1. The van der Waals surface area contributed by atoms with E-state index in [1.165, 1.54) is 5.69 Å². The van der Waals surface area contributed by atoms with Crippen LogP contribution in [-0.2, 0) is 4.74 Å². The lowest BCUT2D eigenvalue weighted by Gasteiger charge is -2.36. The molecule has 0 saturated carbocycles. The SMILES string of the molecule is Cc1cc2[nH]c(=O)c3cnn(C4CCOCC4)c3c2cc1C(=O)N1CCN(c2ccccc2)CC1. The van der Waals surface area contributed by atoms with E-state index in [1.54, 1.807) is 6.20 Å². The molecule has 2 aromatic heterocycles. The van der Waals surface area contributed by atoms with Crippen molar-refractivity contribution in [1.82, 2.24) is 19.7 Å². The lowest BCUT2D eigenvalue weighted by molar-refractivity contribution is 0.0675. The maximum atomic E-state index is 13.6. The number of hydrogen-bond donors (Lipinski definition) is 1. The number of hydrogen-bond acceptors (Lipinski definition) is 5. The second-order valence-electron chi connectivity index (χ2n) is 9.48. The fourth-order valence-corrected chi connectivity index (χ4v) is 5.41. The van der Waals surface area contributed by atoms with E-state index >= 15 is 0 Å². The number of aromatic nitrogens is 3. The van der Waals surface area contributed by atoms with Gasteiger partial charge in [0, 0.05) is 56.0 Å². The number of nitrogens with zero attached hydrogens (tertiary/aromatic N) is 4. The highest BCUT2D eigenvalue weighted by Gasteiger charge is 2.26. The molecule has 2 fully saturated rings. The summed E-state index contributed by atoms with van der Waals surface area (Å²) in [6.07, 6.45) is 3.36. The van der Waals surface area contributed by atoms with Gasteiger partial charge in [-0.1, -0.05) is 18.2 Å². The van der Waals surface area contributed by atoms with Crippen molar-refractivity contribution in [3.8, 4) is 0 Å². The number of carbonyl (C=O) groups is 1. The van der Waals surface area contributed by atoms with Gasteiger partial charge in [0.25, 0.3) is 11.5 Å². The number of ether oxygens (including phenoxy) is 1. The number of pyridine rings is 1. The van der Waals surface area contributed by atoms with Crippen LogP contribution in [-0.4, -0.2) is 65.0 Å². The van der Waals surface area contributed by atoms with E-state index < -0.39 is 0 Å². The Bertz CT molecular complexity index is 1440. The molecule has 0 radical (unpaired) electrons. The molecule has 180 valence electrons. The van der Waals surface area contributed by atoms with Gasteiger partial charge in [0.05, 0.1) is 28.7 Å². The van der Waals surface area contributed by atoms with Crippen LogP contribution in [0.15, 0.2) is 53.5 Å². The van der Waals surface area contributed by atoms with E-state index in [4.69, 9.17) is 4.74 Å². The molecular formula is C27H29N5O3. The van der Waals surface area contributed by atoms with Crippen molar-refractivity contribution in [2.24, 2.45) is 0 Å². The minimum atomic E-state index is -0.152. The number of nitrogens with one attached hydrogen (secondary N) is 1. The third-order valence-electron chi connectivity index (χ3n) is 7.36. The first kappa shape index (κ1) is 21.9. The Kier molecular flexibility index (Phi) is 5.53. The van der Waals surface area contributed by atoms with Gasteiger partial charge in [-0.15, -0.1) is 0 Å². The van der Waals surface area contributed by atoms with Crippen molar-refractivity contribution in [2.45, 2.75) is 25.8 Å². The zero-order valence-electron chi connectivity index (χ0n) is 19.9. The molecule has 1 amide bonds. The highest BCUT2D eigenvalue weighted by atomic mass is 16.5. The van der Waals surface area contributed by atoms with Crippen molar-refractivity contribution in [2.75, 3.05) is 44.3 Å². The van der Waals surface area contributed by atoms with Crippen LogP contribution in [0.25, 0.3) is 21.8 Å². The minimum Gasteiger partial charge on any atom is -0.381 e. The summed E-state index contributed by atoms with van der Waals surface area (Å²) >= 11 is 0. The smallest absolute Gasteiger partial charge is 0.259 e. The largest absolute Gasteiger partial charge is 0.381 e. The fraction of sp³-hybridized carbons (Fsp3) is 0.370. The molecule has 35 heavy (non-hydrogen) atoms. The molecule has 8 heteroatoms. The molecule has 0 atom stereocenters. The van der Waals surface area contributed by atoms with Gasteiger partial charge >= 0.3 is 0 Å². The molecule has 1 N–H and O–H groups in total. The third kappa shape index (κ3) is 3.87. The standard InChI is InChI=1S/C27H29N5O3/c1-18-15-24-22(25-23(26(33)29-24)17-28-32(25)20-7-13-35-14-8-20)16-21(18)27(34)31-11-9-30(10-12-31)19-5-3-2-4-6-19/h2-6,15-17,20H,7-14H2,1H3,(H,29,33). The number of carbonyl (C=O) groups excluding carboxylic acids is 1. The first-order valence-corrected chi connectivity index (χ1v) is 12.3. The molecular weight excluding hydrogens is 442 g/mol. The van der Waals surface area contributed by atoms with Gasteiger partial charge in [-0.25, -0.2) is 0 Å². The number of aromatic amines is 1. The number of fused-ring (bicyclic) bond motifs is 3. The van der Waals surface area contributed by atoms with Crippen LogP contribution in [0.2, 0.25) is 0 Å². The van der Waals surface area contributed by atoms with E-state index in [9.17, 15) is 9.59 Å². The topological polar surface area (TPSA) is 83.5 Å². The predicted molar refractivity (Wildman–Crippen MR) is 136 cm³/mol. The Labute approximate surface area is 203 Å². The number of aryl methyl sites for hydroxylation is 1. The summed E-state index contributed by atoms with van der Waals surface area (Å²) in [5, 5.41) is 6.01. The minimum absolute atomic E-state index is 0.0357. The van der Waals surface area contributed by atoms with E-state index in [1.807, 2.05) is 46.8 Å². The number of piperazine rings is 1. The molecule has 2 aliphatic heterocycles. The summed E-state index contributed by atoms with van der Waals surface area (Å²) in [7, 11) is 0. The van der Waals surface area contributed by atoms with Gasteiger partial charge in [0.15, 0.2) is 0 Å². The number of amides is 1. The monoisotopic (exact) mass is 471 g/mol. The summed E-state index contributed by atoms with van der Waals surface area (Å²) in [5.41, 5.74) is 4.12. The average Bonchev–Trinajstić information content (AvgIpc) is 3.35. The van der Waals surface area contributed by atoms with Gasteiger partial charge in [0.2, 0.25) is 0 Å². The summed E-state index contributed by atoms with van der Waals surface area (Å²) < 4.78 is 7.50. The van der Waals surface area contributed by atoms with Gasteiger partial charge in [-0.3, -0.25) is 14.3 Å². The summed E-state index contributed by atoms with van der Waals surface area (Å²) in [6.45, 7) is 6.26. The van der Waals surface area contributed by atoms with Crippen molar-refractivity contribution in [3.63, 3.8) is 0 Å². The Hall–Kier alpha value is -3.65. The van der Waals surface area contributed by atoms with Crippen molar-refractivity contribution >= 4 is 33.4 Å². The van der Waals surface area contributed by atoms with Crippen LogP contribution in [0, 0.1) is 6.92 Å². The van der Waals surface area contributed by atoms with Crippen molar-refractivity contribution in [3.05, 3.63) is 70.1 Å². The molecule has 2 aromatic carbocycles. The van der Waals surface area contributed by atoms with Crippen LogP contribution >= 0.6 is 0 Å². The second-order valence-corrected chi connectivity index (χ2v) is 9.48. The molecule has 0 unspecified atom stereocenters. The summed E-state index contributed by atoms with van der Waals surface area (Å²) in [4.78, 5) is 33.7. The lowest BCUT2D eigenvalue weighted by Crippen LogP contribution is -2.48. The predicted octanol–water partition coefficient (Wildman–Crippen LogP) is 3.50. The third-order valence-corrected chi connectivity index (χ3v) is 7.36. The quantitative estimate of drug-likeness (QED) is 0.495. The number of rotatable bonds is 3. The Morgan fingerprint density at radius 2 is 1.77 bits per heavy atom. The molecule has 0 bridgehead atoms. The van der Waals surface area contributed by atoms with Crippen LogP contribution in [0.3, 0.4) is 0 Å². The average molecular weight is 472 g/mol. The van der Waals surface area contributed by atoms with Crippen molar-refractivity contribution in [1.29, 1.82) is 0 Å². The molecule has 2 aliphatic rings. The highest BCUT2D eigenvalue weighted by Crippen LogP contribution is 2.30. The molecule has 0 spiro atoms. The van der Waals surface area contributed by atoms with Gasteiger partial charge in [0.1, 0.15) is 0 Å². The molecule has 0 aliphatic carbocycles. The zero-order chi connectivity index (χ0) is 23.9. The van der Waals surface area contributed by atoms with E-state index in [0.717, 1.165) is 47.9 Å². The molecule has 4 heterocycles. The first-order valence-electron chi connectivity index (χ1n) is 12.3. The van der Waals surface area contributed by atoms with Gasteiger partial charge < -0.3 is 19.5 Å². The van der Waals surface area contributed by atoms with Gasteiger partial charge in [-0.05, 0) is 49.6 Å². The zero-order valence-corrected chi connectivity index (χ0v) is 19.9. The Morgan fingerprint density at radius 1 is 1.03 bits per heavy atom. The molecule has 8 nitrogen and oxygen atoms in total. The molecule has 2 saturated heterocycles.